The summed E-state index contributed by atoms with van der Waals surface area (Å²) in [5.41, 5.74) is 0.174. The number of rotatable bonds is 1. The van der Waals surface area contributed by atoms with Crippen molar-refractivity contribution in [3.8, 4) is 0 Å². The molecule has 4 heteroatoms. The highest BCUT2D eigenvalue weighted by Gasteiger charge is 2.24. The Morgan fingerprint density at radius 2 is 2.50 bits per heavy atom. The van der Waals surface area contributed by atoms with Crippen molar-refractivity contribution in [2.75, 3.05) is 0 Å². The molecule has 0 aromatic heterocycles. The largest absolute Gasteiger partial charge is 0.260 e. The summed E-state index contributed by atoms with van der Waals surface area (Å²) < 4.78 is 0. The molecule has 1 unspecified atom stereocenters. The molecule has 1 rings (SSSR count). The Kier molecular flexibility index (Phi) is 2.27. The van der Waals surface area contributed by atoms with E-state index in [9.17, 15) is 10.1 Å². The highest BCUT2D eigenvalue weighted by atomic mass is 35.5. The molecule has 0 radical (unpaired) electrons. The van der Waals surface area contributed by atoms with E-state index in [1.807, 2.05) is 0 Å². The predicted molar refractivity (Wildman–Crippen MR) is 38.6 cm³/mol. The molecular formula is C6H8ClNO2. The van der Waals surface area contributed by atoms with Gasteiger partial charge in [-0.25, -0.2) is 0 Å². The molecule has 1 aliphatic rings. The van der Waals surface area contributed by atoms with E-state index in [4.69, 9.17) is 11.6 Å². The zero-order valence-corrected chi connectivity index (χ0v) is 6.17. The van der Waals surface area contributed by atoms with E-state index in [0.29, 0.717) is 0 Å². The Balaban J connectivity index is 2.71. The minimum absolute atomic E-state index is 0.174. The monoisotopic (exact) mass is 161 g/mol. The molecule has 10 heavy (non-hydrogen) atoms. The second-order valence-electron chi connectivity index (χ2n) is 2.28. The quantitative estimate of drug-likeness (QED) is 0.335. The molecule has 0 amide bonds. The van der Waals surface area contributed by atoms with Crippen LogP contribution in [0.25, 0.3) is 0 Å². The fraction of sp³-hybridized carbons (Fsp3) is 0.667. The summed E-state index contributed by atoms with van der Waals surface area (Å²) in [5.74, 6) is 0. The molecule has 3 nitrogen and oxygen atoms in total. The smallest absolute Gasteiger partial charge is 0.259 e. The second-order valence-corrected chi connectivity index (χ2v) is 2.81. The first kappa shape index (κ1) is 7.54. The molecule has 0 aromatic rings. The zero-order chi connectivity index (χ0) is 7.56. The van der Waals surface area contributed by atoms with E-state index < -0.39 is 4.92 Å². The van der Waals surface area contributed by atoms with E-state index in [2.05, 4.69) is 0 Å². The maximum absolute atomic E-state index is 10.2. The fourth-order valence-electron chi connectivity index (χ4n) is 1.01. The Hall–Kier alpha value is -0.570. The molecule has 1 atom stereocenters. The van der Waals surface area contributed by atoms with Crippen LogP contribution in [0.2, 0.25) is 0 Å². The third kappa shape index (κ3) is 1.48. The maximum Gasteiger partial charge on any atom is 0.260 e. The second kappa shape index (κ2) is 3.01. The molecule has 0 bridgehead atoms. The molecular weight excluding hydrogens is 154 g/mol. The first-order chi connectivity index (χ1) is 4.72. The predicted octanol–water partition coefficient (Wildman–Crippen LogP) is 1.94. The molecule has 0 spiro atoms. The number of allylic oxidation sites excluding steroid dienone is 2. The lowest BCUT2D eigenvalue weighted by Crippen LogP contribution is -2.14. The lowest BCUT2D eigenvalue weighted by molar-refractivity contribution is -0.428. The number of nitrogens with zero attached hydrogens (tertiary/aromatic N) is 1. The van der Waals surface area contributed by atoms with Crippen LogP contribution >= 0.6 is 11.6 Å². The van der Waals surface area contributed by atoms with Gasteiger partial charge in [-0.2, -0.15) is 0 Å². The van der Waals surface area contributed by atoms with Gasteiger partial charge in [-0.15, -0.1) is 11.6 Å². The minimum atomic E-state index is -0.392. The lowest BCUT2D eigenvalue weighted by atomic mass is 10.1. The van der Waals surface area contributed by atoms with Gasteiger partial charge < -0.3 is 0 Å². The summed E-state index contributed by atoms with van der Waals surface area (Å²) in [6.07, 6.45) is 4.10. The van der Waals surface area contributed by atoms with Crippen LogP contribution in [0.1, 0.15) is 19.3 Å². The Morgan fingerprint density at radius 3 is 2.90 bits per heavy atom. The van der Waals surface area contributed by atoms with Crippen molar-refractivity contribution < 1.29 is 4.92 Å². The normalized spacial score (nSPS) is 25.7. The number of hydrogen-bond acceptors (Lipinski definition) is 2. The van der Waals surface area contributed by atoms with Crippen molar-refractivity contribution in [1.29, 1.82) is 0 Å². The first-order valence-corrected chi connectivity index (χ1v) is 3.64. The van der Waals surface area contributed by atoms with Gasteiger partial charge in [-0.05, 0) is 25.3 Å². The van der Waals surface area contributed by atoms with Crippen molar-refractivity contribution in [2.45, 2.75) is 24.6 Å². The van der Waals surface area contributed by atoms with Gasteiger partial charge in [0.15, 0.2) is 0 Å². The minimum Gasteiger partial charge on any atom is -0.259 e. The number of hydrogen-bond donors (Lipinski definition) is 0. The fourth-order valence-corrected chi connectivity index (χ4v) is 1.33. The van der Waals surface area contributed by atoms with Crippen LogP contribution in [0.3, 0.4) is 0 Å². The van der Waals surface area contributed by atoms with E-state index in [1.165, 1.54) is 0 Å². The Bertz CT molecular complexity index is 179. The third-order valence-corrected chi connectivity index (χ3v) is 1.99. The maximum atomic E-state index is 10.2. The van der Waals surface area contributed by atoms with Crippen molar-refractivity contribution in [2.24, 2.45) is 0 Å². The molecule has 0 fully saturated rings. The molecule has 0 N–H and O–H groups in total. The van der Waals surface area contributed by atoms with Gasteiger partial charge in [0.25, 0.3) is 5.70 Å². The Morgan fingerprint density at radius 1 is 1.80 bits per heavy atom. The molecule has 0 heterocycles. The van der Waals surface area contributed by atoms with Gasteiger partial charge in [-0.1, -0.05) is 0 Å². The van der Waals surface area contributed by atoms with E-state index in [0.717, 1.165) is 19.3 Å². The van der Waals surface area contributed by atoms with Crippen molar-refractivity contribution in [3.05, 3.63) is 21.9 Å². The van der Waals surface area contributed by atoms with Crippen molar-refractivity contribution in [3.63, 3.8) is 0 Å². The van der Waals surface area contributed by atoms with Crippen LogP contribution in [0.4, 0.5) is 0 Å². The van der Waals surface area contributed by atoms with Crippen LogP contribution < -0.4 is 0 Å². The number of alkyl halides is 1. The summed E-state index contributed by atoms with van der Waals surface area (Å²) in [6, 6.07) is 0. The number of halogens is 1. The molecule has 56 valence electrons. The van der Waals surface area contributed by atoms with Crippen molar-refractivity contribution >= 4 is 11.6 Å². The summed E-state index contributed by atoms with van der Waals surface area (Å²) in [6.45, 7) is 0. The SMILES string of the molecule is O=[N+]([O-])C1=CCCCC1Cl. The van der Waals surface area contributed by atoms with E-state index in [-0.39, 0.29) is 11.1 Å². The highest BCUT2D eigenvalue weighted by molar-refractivity contribution is 6.22. The third-order valence-electron chi connectivity index (χ3n) is 1.55. The average Bonchev–Trinajstić information content (AvgIpc) is 1.88. The van der Waals surface area contributed by atoms with Gasteiger partial charge in [0, 0.05) is 0 Å². The molecule has 0 saturated heterocycles. The van der Waals surface area contributed by atoms with Gasteiger partial charge in [0.2, 0.25) is 0 Å². The van der Waals surface area contributed by atoms with Gasteiger partial charge >= 0.3 is 0 Å². The summed E-state index contributed by atoms with van der Waals surface area (Å²) in [5, 5.41) is 9.85. The summed E-state index contributed by atoms with van der Waals surface area (Å²) in [4.78, 5) is 9.83. The molecule has 0 aliphatic heterocycles. The standard InChI is InChI=1S/C6H8ClNO2/c7-5-3-1-2-4-6(5)8(9)10/h4-5H,1-3H2. The Labute approximate surface area is 63.8 Å². The lowest BCUT2D eigenvalue weighted by Gasteiger charge is -2.10. The molecule has 0 saturated carbocycles. The van der Waals surface area contributed by atoms with Gasteiger partial charge in [0.05, 0.1) is 4.92 Å². The average molecular weight is 162 g/mol. The molecule has 0 aromatic carbocycles. The van der Waals surface area contributed by atoms with Crippen LogP contribution in [0.5, 0.6) is 0 Å². The van der Waals surface area contributed by atoms with Crippen LogP contribution in [-0.4, -0.2) is 10.3 Å². The molecule has 1 aliphatic carbocycles. The first-order valence-electron chi connectivity index (χ1n) is 3.20. The highest BCUT2D eigenvalue weighted by Crippen LogP contribution is 2.23. The van der Waals surface area contributed by atoms with E-state index in [1.54, 1.807) is 6.08 Å². The van der Waals surface area contributed by atoms with Crippen LogP contribution in [0, 0.1) is 10.1 Å². The zero-order valence-electron chi connectivity index (χ0n) is 5.42. The summed E-state index contributed by atoms with van der Waals surface area (Å²) >= 11 is 5.67. The summed E-state index contributed by atoms with van der Waals surface area (Å²) in [7, 11) is 0. The van der Waals surface area contributed by atoms with Gasteiger partial charge in [0.1, 0.15) is 5.38 Å². The number of nitro groups is 1. The van der Waals surface area contributed by atoms with Crippen LogP contribution in [0.15, 0.2) is 11.8 Å². The van der Waals surface area contributed by atoms with Crippen LogP contribution in [-0.2, 0) is 0 Å². The van der Waals surface area contributed by atoms with Gasteiger partial charge in [-0.3, -0.25) is 10.1 Å². The van der Waals surface area contributed by atoms with E-state index >= 15 is 0 Å². The van der Waals surface area contributed by atoms with Crippen molar-refractivity contribution in [1.82, 2.24) is 0 Å². The topological polar surface area (TPSA) is 43.1 Å².